The monoisotopic (exact) mass is 401 g/mol. The number of fused-ring (bicyclic) bond motifs is 1. The third-order valence-corrected chi connectivity index (χ3v) is 6.15. The van der Waals surface area contributed by atoms with E-state index >= 15 is 0 Å². The van der Waals surface area contributed by atoms with Gasteiger partial charge in [0, 0.05) is 49.9 Å². The van der Waals surface area contributed by atoms with Crippen molar-refractivity contribution in [2.45, 2.75) is 18.4 Å². The van der Waals surface area contributed by atoms with E-state index in [0.29, 0.717) is 12.1 Å². The van der Waals surface area contributed by atoms with Gasteiger partial charge < -0.3 is 9.32 Å². The molecular formula is C21H24FN3O2S. The van der Waals surface area contributed by atoms with E-state index in [1.165, 1.54) is 6.07 Å². The Kier molecular flexibility index (Phi) is 5.73. The van der Waals surface area contributed by atoms with E-state index in [1.54, 1.807) is 28.5 Å². The van der Waals surface area contributed by atoms with Gasteiger partial charge >= 0.3 is 5.76 Å². The quantitative estimate of drug-likeness (QED) is 0.590. The second-order valence-corrected chi connectivity index (χ2v) is 8.04. The van der Waals surface area contributed by atoms with E-state index in [9.17, 15) is 9.18 Å². The molecule has 2 aromatic carbocycles. The summed E-state index contributed by atoms with van der Waals surface area (Å²) in [5, 5.41) is 0. The lowest BCUT2D eigenvalue weighted by molar-refractivity contribution is 0.273. The van der Waals surface area contributed by atoms with Crippen molar-refractivity contribution in [1.29, 1.82) is 0 Å². The largest absolute Gasteiger partial charge is 0.420 e. The Balaban J connectivity index is 1.35. The number of benzene rings is 2. The first-order valence-electron chi connectivity index (χ1n) is 9.63. The van der Waals surface area contributed by atoms with Gasteiger partial charge in [-0.15, -0.1) is 11.8 Å². The first kappa shape index (κ1) is 19.1. The van der Waals surface area contributed by atoms with Crippen molar-refractivity contribution in [3.8, 4) is 0 Å². The smallest absolute Gasteiger partial charge is 0.405 e. The summed E-state index contributed by atoms with van der Waals surface area (Å²) < 4.78 is 20.5. The number of anilines is 1. The number of para-hydroxylation sites is 1. The zero-order valence-electron chi connectivity index (χ0n) is 15.9. The third-order valence-electron chi connectivity index (χ3n) is 5.18. The number of piperazine rings is 1. The van der Waals surface area contributed by atoms with Crippen LogP contribution in [0.3, 0.4) is 0 Å². The van der Waals surface area contributed by atoms with E-state index in [-0.39, 0.29) is 11.6 Å². The number of hydrogen-bond donors (Lipinski definition) is 0. The molecule has 1 aliphatic heterocycles. The molecule has 1 fully saturated rings. The maximum absolute atomic E-state index is 13.3. The van der Waals surface area contributed by atoms with Crippen molar-refractivity contribution in [3.05, 3.63) is 58.8 Å². The topological polar surface area (TPSA) is 41.6 Å². The lowest BCUT2D eigenvalue weighted by Crippen LogP contribution is -2.47. The molecule has 5 nitrogen and oxygen atoms in total. The van der Waals surface area contributed by atoms with Crippen LogP contribution in [0.2, 0.25) is 0 Å². The lowest BCUT2D eigenvalue weighted by Gasteiger charge is -2.35. The summed E-state index contributed by atoms with van der Waals surface area (Å²) in [4.78, 5) is 17.7. The van der Waals surface area contributed by atoms with E-state index in [1.807, 2.05) is 31.2 Å². The van der Waals surface area contributed by atoms with Crippen LogP contribution in [0.15, 0.2) is 56.6 Å². The summed E-state index contributed by atoms with van der Waals surface area (Å²) in [5.74, 6) is 0.460. The predicted octanol–water partition coefficient (Wildman–Crippen LogP) is 3.67. The molecule has 1 aromatic heterocycles. The van der Waals surface area contributed by atoms with Crippen molar-refractivity contribution < 1.29 is 8.81 Å². The standard InChI is InChI=1S/C21H24FN3O2S/c1-2-25-19-8-4-7-18(20(19)27-21(25)26)24-11-9-23(10-12-24)13-14-28-17-6-3-5-16(22)15-17/h3-8,15H,2,9-14H2,1H3. The minimum absolute atomic E-state index is 0.184. The molecule has 0 radical (unpaired) electrons. The molecule has 28 heavy (non-hydrogen) atoms. The van der Waals surface area contributed by atoms with Crippen molar-refractivity contribution in [2.75, 3.05) is 43.4 Å². The van der Waals surface area contributed by atoms with Crippen molar-refractivity contribution in [3.63, 3.8) is 0 Å². The van der Waals surface area contributed by atoms with E-state index in [0.717, 1.165) is 54.6 Å². The van der Waals surface area contributed by atoms with Gasteiger partial charge in [-0.2, -0.15) is 0 Å². The molecule has 3 aromatic rings. The second-order valence-electron chi connectivity index (χ2n) is 6.87. The van der Waals surface area contributed by atoms with Crippen molar-refractivity contribution in [1.82, 2.24) is 9.47 Å². The predicted molar refractivity (Wildman–Crippen MR) is 112 cm³/mol. The number of nitrogens with zero attached hydrogens (tertiary/aromatic N) is 3. The van der Waals surface area contributed by atoms with Crippen LogP contribution in [0.4, 0.5) is 10.1 Å². The molecule has 148 valence electrons. The van der Waals surface area contributed by atoms with Crippen molar-refractivity contribution in [2.24, 2.45) is 0 Å². The van der Waals surface area contributed by atoms with Crippen LogP contribution in [0, 0.1) is 5.82 Å². The molecular weight excluding hydrogens is 377 g/mol. The SMILES string of the molecule is CCn1c(=O)oc2c(N3CCN(CCSc4cccc(F)c4)CC3)cccc21. The fraction of sp³-hybridized carbons (Fsp3) is 0.381. The second kappa shape index (κ2) is 8.41. The average Bonchev–Trinajstić information content (AvgIpc) is 3.03. The van der Waals surface area contributed by atoms with Gasteiger partial charge in [-0.3, -0.25) is 9.47 Å². The summed E-state index contributed by atoms with van der Waals surface area (Å²) in [6.07, 6.45) is 0. The molecule has 0 bridgehead atoms. The summed E-state index contributed by atoms with van der Waals surface area (Å²) in [6.45, 7) is 7.23. The molecule has 4 rings (SSSR count). The maximum Gasteiger partial charge on any atom is 0.420 e. The van der Waals surface area contributed by atoms with Gasteiger partial charge in [0.2, 0.25) is 0 Å². The number of aryl methyl sites for hydroxylation is 1. The zero-order valence-corrected chi connectivity index (χ0v) is 16.8. The summed E-state index contributed by atoms with van der Waals surface area (Å²) in [7, 11) is 0. The van der Waals surface area contributed by atoms with Crippen LogP contribution in [0.5, 0.6) is 0 Å². The van der Waals surface area contributed by atoms with Gasteiger partial charge in [0.1, 0.15) is 5.82 Å². The molecule has 0 unspecified atom stereocenters. The molecule has 1 saturated heterocycles. The highest BCUT2D eigenvalue weighted by Gasteiger charge is 2.21. The Labute approximate surface area is 167 Å². The molecule has 0 spiro atoms. The number of halogens is 1. The van der Waals surface area contributed by atoms with Crippen LogP contribution < -0.4 is 10.7 Å². The van der Waals surface area contributed by atoms with Gasteiger partial charge in [0.15, 0.2) is 5.58 Å². The van der Waals surface area contributed by atoms with Crippen LogP contribution >= 0.6 is 11.8 Å². The highest BCUT2D eigenvalue weighted by Crippen LogP contribution is 2.27. The number of oxazole rings is 1. The molecule has 0 atom stereocenters. The minimum Gasteiger partial charge on any atom is -0.405 e. The van der Waals surface area contributed by atoms with Gasteiger partial charge in [-0.05, 0) is 37.3 Å². The fourth-order valence-electron chi connectivity index (χ4n) is 3.68. The minimum atomic E-state index is -0.294. The first-order chi connectivity index (χ1) is 13.7. The Morgan fingerprint density at radius 3 is 2.64 bits per heavy atom. The van der Waals surface area contributed by atoms with Gasteiger partial charge in [0.25, 0.3) is 0 Å². The van der Waals surface area contributed by atoms with Gasteiger partial charge in [-0.25, -0.2) is 9.18 Å². The third kappa shape index (κ3) is 3.95. The molecule has 1 aliphatic rings. The Morgan fingerprint density at radius 1 is 1.11 bits per heavy atom. The Bertz CT molecular complexity index is 1010. The van der Waals surface area contributed by atoms with Gasteiger partial charge in [0.05, 0.1) is 11.2 Å². The molecule has 0 amide bonds. The van der Waals surface area contributed by atoms with E-state index < -0.39 is 0 Å². The Morgan fingerprint density at radius 2 is 1.89 bits per heavy atom. The highest BCUT2D eigenvalue weighted by atomic mass is 32.2. The van der Waals surface area contributed by atoms with Crippen molar-refractivity contribution >= 4 is 28.5 Å². The molecule has 7 heteroatoms. The normalized spacial score (nSPS) is 15.4. The number of thioether (sulfide) groups is 1. The average molecular weight is 402 g/mol. The maximum atomic E-state index is 13.3. The summed E-state index contributed by atoms with van der Waals surface area (Å²) >= 11 is 1.69. The van der Waals surface area contributed by atoms with E-state index in [4.69, 9.17) is 4.42 Å². The van der Waals surface area contributed by atoms with Crippen LogP contribution in [0.25, 0.3) is 11.1 Å². The first-order valence-corrected chi connectivity index (χ1v) is 10.6. The van der Waals surface area contributed by atoms with Crippen LogP contribution in [-0.4, -0.2) is 47.9 Å². The lowest BCUT2D eigenvalue weighted by atomic mass is 10.2. The number of hydrogen-bond acceptors (Lipinski definition) is 5. The number of aromatic nitrogens is 1. The van der Waals surface area contributed by atoms with E-state index in [2.05, 4.69) is 9.80 Å². The summed E-state index contributed by atoms with van der Waals surface area (Å²) in [6, 6.07) is 12.7. The molecule has 0 N–H and O–H groups in total. The zero-order chi connectivity index (χ0) is 19.5. The molecule has 0 saturated carbocycles. The number of rotatable bonds is 6. The fourth-order valence-corrected chi connectivity index (χ4v) is 4.64. The highest BCUT2D eigenvalue weighted by molar-refractivity contribution is 7.99. The molecule has 0 aliphatic carbocycles. The molecule has 2 heterocycles. The van der Waals surface area contributed by atoms with Gasteiger partial charge in [-0.1, -0.05) is 12.1 Å². The Hall–Kier alpha value is -2.25. The van der Waals surface area contributed by atoms with Crippen LogP contribution in [0.1, 0.15) is 6.92 Å². The summed E-state index contributed by atoms with van der Waals surface area (Å²) in [5.41, 5.74) is 2.54. The van der Waals surface area contributed by atoms with Crippen LogP contribution in [-0.2, 0) is 6.54 Å².